The maximum absolute atomic E-state index is 12.6. The second kappa shape index (κ2) is 5.59. The molecule has 0 atom stereocenters. The smallest absolute Gasteiger partial charge is 0.269 e. The van der Waals surface area contributed by atoms with Gasteiger partial charge < -0.3 is 4.57 Å². The lowest BCUT2D eigenvalue weighted by Gasteiger charge is -2.09. The normalized spacial score (nSPS) is 11.2. The molecule has 2 aromatic heterocycles. The van der Waals surface area contributed by atoms with Gasteiger partial charge in [0.1, 0.15) is 0 Å². The minimum Gasteiger partial charge on any atom is -0.339 e. The lowest BCUT2D eigenvalue weighted by Crippen LogP contribution is -2.17. The van der Waals surface area contributed by atoms with Crippen LogP contribution in [0.2, 0.25) is 0 Å². The van der Waals surface area contributed by atoms with Crippen LogP contribution in [0.5, 0.6) is 0 Å². The highest BCUT2D eigenvalue weighted by Crippen LogP contribution is 2.29. The van der Waals surface area contributed by atoms with Gasteiger partial charge in [-0.2, -0.15) is 0 Å². The molecule has 0 radical (unpaired) electrons. The van der Waals surface area contributed by atoms with Crippen LogP contribution in [0.25, 0.3) is 27.6 Å². The number of pyridine rings is 1. The number of nitro benzene ring substituents is 1. The van der Waals surface area contributed by atoms with Gasteiger partial charge in [-0.1, -0.05) is 18.2 Å². The predicted molar refractivity (Wildman–Crippen MR) is 97.4 cm³/mol. The first-order valence-corrected chi connectivity index (χ1v) is 7.99. The third kappa shape index (κ3) is 2.22. The van der Waals surface area contributed by atoms with E-state index in [1.807, 2.05) is 30.3 Å². The molecule has 0 unspecified atom stereocenters. The lowest BCUT2D eigenvalue weighted by atomic mass is 10.2. The molecule has 0 aliphatic heterocycles. The van der Waals surface area contributed by atoms with Crippen LogP contribution >= 0.6 is 0 Å². The number of fused-ring (bicyclic) bond motifs is 3. The Balaban J connectivity index is 2.11. The summed E-state index contributed by atoms with van der Waals surface area (Å²) in [4.78, 5) is 23.0. The topological polar surface area (TPSA) is 70.1 Å². The van der Waals surface area contributed by atoms with E-state index in [0.29, 0.717) is 5.69 Å². The molecule has 0 N–H and O–H groups in total. The number of aromatic nitrogens is 2. The van der Waals surface area contributed by atoms with Crippen LogP contribution in [0.1, 0.15) is 6.92 Å². The highest BCUT2D eigenvalue weighted by Gasteiger charge is 2.15. The Hall–Kier alpha value is -3.41. The van der Waals surface area contributed by atoms with Crippen LogP contribution in [0, 0.1) is 10.1 Å². The second-order valence-electron chi connectivity index (χ2n) is 5.78. The van der Waals surface area contributed by atoms with E-state index >= 15 is 0 Å². The van der Waals surface area contributed by atoms with Gasteiger partial charge in [0.15, 0.2) is 0 Å². The van der Waals surface area contributed by atoms with Gasteiger partial charge >= 0.3 is 0 Å². The fourth-order valence-corrected chi connectivity index (χ4v) is 3.36. The van der Waals surface area contributed by atoms with Crippen LogP contribution in [0.15, 0.2) is 65.5 Å². The van der Waals surface area contributed by atoms with Gasteiger partial charge in [-0.3, -0.25) is 19.5 Å². The average Bonchev–Trinajstić information content (AvgIpc) is 2.95. The maximum Gasteiger partial charge on any atom is 0.269 e. The van der Waals surface area contributed by atoms with E-state index in [2.05, 4.69) is 11.5 Å². The molecule has 0 amide bonds. The Bertz CT molecular complexity index is 1170. The number of hydrogen-bond donors (Lipinski definition) is 0. The van der Waals surface area contributed by atoms with Crippen LogP contribution in [0.4, 0.5) is 5.69 Å². The van der Waals surface area contributed by atoms with Crippen molar-refractivity contribution in [1.29, 1.82) is 0 Å². The molecule has 0 bridgehead atoms. The number of benzene rings is 2. The van der Waals surface area contributed by atoms with Crippen molar-refractivity contribution in [2.75, 3.05) is 0 Å². The Kier molecular flexibility index (Phi) is 3.39. The number of para-hydroxylation sites is 1. The largest absolute Gasteiger partial charge is 0.339 e. The third-order valence-electron chi connectivity index (χ3n) is 4.45. The van der Waals surface area contributed by atoms with Crippen molar-refractivity contribution in [3.05, 3.63) is 81.1 Å². The maximum atomic E-state index is 12.6. The quantitative estimate of drug-likeness (QED) is 0.422. The van der Waals surface area contributed by atoms with Crippen molar-refractivity contribution in [1.82, 2.24) is 9.13 Å². The molecular formula is C19H15N3O3. The van der Waals surface area contributed by atoms with Crippen molar-refractivity contribution in [3.8, 4) is 5.69 Å². The zero-order valence-electron chi connectivity index (χ0n) is 13.5. The van der Waals surface area contributed by atoms with Gasteiger partial charge in [0.25, 0.3) is 11.2 Å². The molecule has 4 aromatic rings. The van der Waals surface area contributed by atoms with Crippen molar-refractivity contribution in [3.63, 3.8) is 0 Å². The summed E-state index contributed by atoms with van der Waals surface area (Å²) >= 11 is 0. The first kappa shape index (κ1) is 15.1. The summed E-state index contributed by atoms with van der Waals surface area (Å²) in [6.07, 6.45) is 0. The standard InChI is InChI=1S/C19H15N3O3/c1-2-20-16-6-4-3-5-15(16)19-17(20)11-12-18(23)21(19)13-7-9-14(10-8-13)22(24)25/h3-12H,2H2,1H3. The van der Waals surface area contributed by atoms with Gasteiger partial charge in [0.05, 0.1) is 21.5 Å². The van der Waals surface area contributed by atoms with Crippen LogP contribution in [-0.4, -0.2) is 14.1 Å². The van der Waals surface area contributed by atoms with E-state index in [0.717, 1.165) is 28.5 Å². The minimum absolute atomic E-state index is 0.0000367. The molecule has 0 spiro atoms. The Morgan fingerprint density at radius 3 is 2.36 bits per heavy atom. The van der Waals surface area contributed by atoms with Crippen molar-refractivity contribution in [2.45, 2.75) is 13.5 Å². The van der Waals surface area contributed by atoms with Crippen molar-refractivity contribution in [2.24, 2.45) is 0 Å². The van der Waals surface area contributed by atoms with E-state index < -0.39 is 4.92 Å². The van der Waals surface area contributed by atoms with E-state index in [1.165, 1.54) is 18.2 Å². The molecule has 4 rings (SSSR count). The van der Waals surface area contributed by atoms with E-state index in [1.54, 1.807) is 16.7 Å². The van der Waals surface area contributed by atoms with Gasteiger partial charge in [0, 0.05) is 35.8 Å². The first-order valence-electron chi connectivity index (χ1n) is 7.99. The summed E-state index contributed by atoms with van der Waals surface area (Å²) in [6.45, 7) is 2.84. The number of aryl methyl sites for hydroxylation is 1. The summed E-state index contributed by atoms with van der Waals surface area (Å²) in [5, 5.41) is 11.9. The van der Waals surface area contributed by atoms with Crippen LogP contribution in [-0.2, 0) is 6.54 Å². The summed E-state index contributed by atoms with van der Waals surface area (Å²) in [5.41, 5.74) is 3.28. The number of hydrogen-bond acceptors (Lipinski definition) is 3. The monoisotopic (exact) mass is 333 g/mol. The fourth-order valence-electron chi connectivity index (χ4n) is 3.36. The van der Waals surface area contributed by atoms with Gasteiger partial charge in [-0.15, -0.1) is 0 Å². The molecule has 6 nitrogen and oxygen atoms in total. The van der Waals surface area contributed by atoms with Gasteiger partial charge in [-0.05, 0) is 31.2 Å². The van der Waals surface area contributed by atoms with E-state index in [-0.39, 0.29) is 11.2 Å². The van der Waals surface area contributed by atoms with Gasteiger partial charge in [-0.25, -0.2) is 0 Å². The zero-order chi connectivity index (χ0) is 17.6. The molecule has 2 aromatic carbocycles. The summed E-state index contributed by atoms with van der Waals surface area (Å²) < 4.78 is 3.78. The lowest BCUT2D eigenvalue weighted by molar-refractivity contribution is -0.384. The number of nitrogens with zero attached hydrogens (tertiary/aromatic N) is 3. The molecule has 0 aliphatic rings. The number of non-ortho nitro benzene ring substituents is 1. The molecular weight excluding hydrogens is 318 g/mol. The Morgan fingerprint density at radius 2 is 1.68 bits per heavy atom. The number of nitro groups is 1. The summed E-state index contributed by atoms with van der Waals surface area (Å²) in [7, 11) is 0. The highest BCUT2D eigenvalue weighted by atomic mass is 16.6. The van der Waals surface area contributed by atoms with Crippen molar-refractivity contribution < 1.29 is 4.92 Å². The summed E-state index contributed by atoms with van der Waals surface area (Å²) in [6, 6.07) is 17.4. The molecule has 6 heteroatoms. The average molecular weight is 333 g/mol. The first-order chi connectivity index (χ1) is 12.1. The zero-order valence-corrected chi connectivity index (χ0v) is 13.5. The molecule has 0 aliphatic carbocycles. The highest BCUT2D eigenvalue weighted by molar-refractivity contribution is 6.06. The molecule has 0 saturated heterocycles. The SMILES string of the molecule is CCn1c2ccccc2c2c1ccc(=O)n2-c1ccc([N+](=O)[O-])cc1. The summed E-state index contributed by atoms with van der Waals surface area (Å²) in [5.74, 6) is 0. The molecule has 124 valence electrons. The van der Waals surface area contributed by atoms with Crippen LogP contribution < -0.4 is 5.56 Å². The minimum atomic E-state index is -0.448. The van der Waals surface area contributed by atoms with Gasteiger partial charge in [0.2, 0.25) is 0 Å². The Labute approximate surface area is 142 Å². The van der Waals surface area contributed by atoms with Crippen LogP contribution in [0.3, 0.4) is 0 Å². The Morgan fingerprint density at radius 1 is 0.960 bits per heavy atom. The molecule has 0 saturated carbocycles. The van der Waals surface area contributed by atoms with Crippen molar-refractivity contribution >= 4 is 27.6 Å². The fraction of sp³-hybridized carbons (Fsp3) is 0.105. The molecule has 25 heavy (non-hydrogen) atoms. The predicted octanol–water partition coefficient (Wildman–Crippen LogP) is 3.87. The van der Waals surface area contributed by atoms with E-state index in [9.17, 15) is 14.9 Å². The molecule has 0 fully saturated rings. The number of rotatable bonds is 3. The molecule has 2 heterocycles. The second-order valence-corrected chi connectivity index (χ2v) is 5.78. The van der Waals surface area contributed by atoms with E-state index in [4.69, 9.17) is 0 Å². The third-order valence-corrected chi connectivity index (χ3v) is 4.45.